The highest BCUT2D eigenvalue weighted by Crippen LogP contribution is 2.34. The molecule has 0 aliphatic heterocycles. The number of nitrogens with one attached hydrogen (secondary N) is 1. The van der Waals surface area contributed by atoms with Crippen LogP contribution in [0.25, 0.3) is 11.3 Å². The number of carbonyl (C=O) groups is 1. The van der Waals surface area contributed by atoms with E-state index < -0.39 is 0 Å². The molecule has 0 atom stereocenters. The molecule has 0 spiro atoms. The molecule has 1 amide bonds. The third-order valence-corrected chi connectivity index (χ3v) is 5.13. The molecule has 27 heavy (non-hydrogen) atoms. The first-order chi connectivity index (χ1) is 13.0. The number of hydrogen-bond acceptors (Lipinski definition) is 5. The van der Waals surface area contributed by atoms with Crippen molar-refractivity contribution in [2.45, 2.75) is 20.3 Å². The van der Waals surface area contributed by atoms with Gasteiger partial charge < -0.3 is 14.8 Å². The monoisotopic (exact) mass is 382 g/mol. The van der Waals surface area contributed by atoms with Crippen molar-refractivity contribution in [1.29, 1.82) is 0 Å². The second-order valence-electron chi connectivity index (χ2n) is 6.25. The fraction of sp³-hybridized carbons (Fsp3) is 0.238. The summed E-state index contributed by atoms with van der Waals surface area (Å²) in [5.74, 6) is 1.31. The summed E-state index contributed by atoms with van der Waals surface area (Å²) in [6.07, 6.45) is 0.321. The minimum atomic E-state index is -0.0825. The topological polar surface area (TPSA) is 60.5 Å². The Hall–Kier alpha value is -2.86. The molecular weight excluding hydrogens is 360 g/mol. The summed E-state index contributed by atoms with van der Waals surface area (Å²) in [5, 5.41) is 5.34. The third-order valence-electron chi connectivity index (χ3n) is 4.37. The van der Waals surface area contributed by atoms with E-state index in [0.717, 1.165) is 16.8 Å². The minimum absolute atomic E-state index is 0.0825. The van der Waals surface area contributed by atoms with Gasteiger partial charge in [0.1, 0.15) is 11.5 Å². The highest BCUT2D eigenvalue weighted by molar-refractivity contribution is 7.14. The Morgan fingerprint density at radius 1 is 1.07 bits per heavy atom. The van der Waals surface area contributed by atoms with Crippen molar-refractivity contribution in [3.05, 3.63) is 58.5 Å². The summed E-state index contributed by atoms with van der Waals surface area (Å²) in [5.41, 5.74) is 5.00. The lowest BCUT2D eigenvalue weighted by Crippen LogP contribution is -2.14. The van der Waals surface area contributed by atoms with E-state index in [1.54, 1.807) is 14.2 Å². The zero-order valence-electron chi connectivity index (χ0n) is 15.8. The fourth-order valence-electron chi connectivity index (χ4n) is 2.73. The molecule has 3 rings (SSSR count). The van der Waals surface area contributed by atoms with Crippen LogP contribution >= 0.6 is 11.3 Å². The van der Waals surface area contributed by atoms with Gasteiger partial charge in [0, 0.05) is 17.0 Å². The summed E-state index contributed by atoms with van der Waals surface area (Å²) >= 11 is 1.39. The van der Waals surface area contributed by atoms with Crippen LogP contribution in [-0.4, -0.2) is 25.1 Å². The van der Waals surface area contributed by atoms with Gasteiger partial charge in [-0.3, -0.25) is 4.79 Å². The second kappa shape index (κ2) is 8.22. The first kappa shape index (κ1) is 18.9. The van der Waals surface area contributed by atoms with Gasteiger partial charge in [0.15, 0.2) is 5.13 Å². The number of nitrogens with zero attached hydrogens (tertiary/aromatic N) is 1. The third kappa shape index (κ3) is 4.46. The molecule has 2 aromatic carbocycles. The van der Waals surface area contributed by atoms with Crippen molar-refractivity contribution in [1.82, 2.24) is 4.98 Å². The molecule has 5 nitrogen and oxygen atoms in total. The number of aryl methyl sites for hydroxylation is 2. The number of hydrogen-bond donors (Lipinski definition) is 1. The van der Waals surface area contributed by atoms with Crippen LogP contribution in [0.5, 0.6) is 11.5 Å². The molecule has 0 saturated heterocycles. The maximum Gasteiger partial charge on any atom is 0.230 e. The summed E-state index contributed by atoms with van der Waals surface area (Å²) in [6, 6.07) is 11.6. The molecule has 6 heteroatoms. The number of thiazole rings is 1. The molecule has 3 aromatic rings. The van der Waals surface area contributed by atoms with Gasteiger partial charge in [0.05, 0.1) is 26.3 Å². The molecule has 0 saturated carbocycles. The van der Waals surface area contributed by atoms with Crippen molar-refractivity contribution in [2.24, 2.45) is 0 Å². The number of aromatic nitrogens is 1. The maximum absolute atomic E-state index is 12.3. The summed E-state index contributed by atoms with van der Waals surface area (Å²) < 4.78 is 10.7. The Morgan fingerprint density at radius 2 is 1.89 bits per heavy atom. The lowest BCUT2D eigenvalue weighted by Gasteiger charge is -2.08. The molecule has 0 bridgehead atoms. The highest BCUT2D eigenvalue weighted by Gasteiger charge is 2.13. The molecule has 1 N–H and O–H groups in total. The van der Waals surface area contributed by atoms with E-state index in [9.17, 15) is 4.79 Å². The van der Waals surface area contributed by atoms with Gasteiger partial charge in [-0.1, -0.05) is 18.2 Å². The van der Waals surface area contributed by atoms with Crippen LogP contribution < -0.4 is 14.8 Å². The first-order valence-corrected chi connectivity index (χ1v) is 9.42. The second-order valence-corrected chi connectivity index (χ2v) is 7.11. The summed E-state index contributed by atoms with van der Waals surface area (Å²) in [4.78, 5) is 16.9. The van der Waals surface area contributed by atoms with Gasteiger partial charge in [-0.2, -0.15) is 0 Å². The number of benzene rings is 2. The number of anilines is 1. The van der Waals surface area contributed by atoms with Gasteiger partial charge in [0.25, 0.3) is 0 Å². The van der Waals surface area contributed by atoms with E-state index >= 15 is 0 Å². The minimum Gasteiger partial charge on any atom is -0.497 e. The van der Waals surface area contributed by atoms with Crippen molar-refractivity contribution in [2.75, 3.05) is 19.5 Å². The summed E-state index contributed by atoms with van der Waals surface area (Å²) in [6.45, 7) is 4.11. The van der Waals surface area contributed by atoms with Gasteiger partial charge >= 0.3 is 0 Å². The van der Waals surface area contributed by atoms with Crippen molar-refractivity contribution < 1.29 is 14.3 Å². The Morgan fingerprint density at radius 3 is 2.59 bits per heavy atom. The quantitative estimate of drug-likeness (QED) is 0.675. The van der Waals surface area contributed by atoms with Crippen LogP contribution in [0.15, 0.2) is 41.8 Å². The van der Waals surface area contributed by atoms with Crippen LogP contribution in [0, 0.1) is 13.8 Å². The van der Waals surface area contributed by atoms with Crippen LogP contribution in [0.4, 0.5) is 5.13 Å². The van der Waals surface area contributed by atoms with Gasteiger partial charge in [0.2, 0.25) is 5.91 Å². The van der Waals surface area contributed by atoms with E-state index in [2.05, 4.69) is 17.2 Å². The van der Waals surface area contributed by atoms with Crippen molar-refractivity contribution >= 4 is 22.4 Å². The van der Waals surface area contributed by atoms with E-state index in [1.165, 1.54) is 22.5 Å². The van der Waals surface area contributed by atoms with Crippen LogP contribution in [0.1, 0.15) is 16.7 Å². The Balaban J connectivity index is 1.72. The number of methoxy groups -OCH3 is 2. The predicted molar refractivity (Wildman–Crippen MR) is 109 cm³/mol. The SMILES string of the molecule is COc1ccc(-c2csc(NC(=O)Cc3ccc(C)c(C)c3)n2)c(OC)c1. The zero-order valence-corrected chi connectivity index (χ0v) is 16.6. The average Bonchev–Trinajstić information content (AvgIpc) is 3.12. The molecular formula is C21H22N2O3S. The molecule has 1 heterocycles. The Bertz CT molecular complexity index is 966. The Kier molecular flexibility index (Phi) is 5.76. The van der Waals surface area contributed by atoms with E-state index in [1.807, 2.05) is 48.7 Å². The predicted octanol–water partition coefficient (Wildman–Crippen LogP) is 4.63. The largest absolute Gasteiger partial charge is 0.497 e. The van der Waals surface area contributed by atoms with Crippen LogP contribution in [0.3, 0.4) is 0 Å². The van der Waals surface area contributed by atoms with Crippen LogP contribution in [0.2, 0.25) is 0 Å². The average molecular weight is 382 g/mol. The number of carbonyl (C=O) groups excluding carboxylic acids is 1. The molecule has 0 aliphatic carbocycles. The lowest BCUT2D eigenvalue weighted by atomic mass is 10.0. The Labute approximate surface area is 163 Å². The van der Waals surface area contributed by atoms with E-state index in [0.29, 0.717) is 23.1 Å². The molecule has 0 aliphatic rings. The fourth-order valence-corrected chi connectivity index (χ4v) is 3.45. The van der Waals surface area contributed by atoms with E-state index in [4.69, 9.17) is 9.47 Å². The lowest BCUT2D eigenvalue weighted by molar-refractivity contribution is -0.115. The van der Waals surface area contributed by atoms with Crippen molar-refractivity contribution in [3.8, 4) is 22.8 Å². The maximum atomic E-state index is 12.3. The summed E-state index contributed by atoms with van der Waals surface area (Å²) in [7, 11) is 3.22. The number of amides is 1. The molecule has 0 unspecified atom stereocenters. The van der Waals surface area contributed by atoms with E-state index in [-0.39, 0.29) is 5.91 Å². The van der Waals surface area contributed by atoms with Crippen molar-refractivity contribution in [3.63, 3.8) is 0 Å². The molecule has 140 valence electrons. The van der Waals surface area contributed by atoms with Gasteiger partial charge in [-0.05, 0) is 42.7 Å². The molecule has 0 radical (unpaired) electrons. The van der Waals surface area contributed by atoms with Crippen LogP contribution in [-0.2, 0) is 11.2 Å². The smallest absolute Gasteiger partial charge is 0.230 e. The molecule has 0 fully saturated rings. The van der Waals surface area contributed by atoms with Gasteiger partial charge in [-0.25, -0.2) is 4.98 Å². The normalized spacial score (nSPS) is 10.5. The number of ether oxygens (including phenoxy) is 2. The number of rotatable bonds is 6. The first-order valence-electron chi connectivity index (χ1n) is 8.54. The zero-order chi connectivity index (χ0) is 19.4. The van der Waals surface area contributed by atoms with Gasteiger partial charge in [-0.15, -0.1) is 11.3 Å². The highest BCUT2D eigenvalue weighted by atomic mass is 32.1. The standard InChI is InChI=1S/C21H22N2O3S/c1-13-5-6-15(9-14(13)2)10-20(24)23-21-22-18(12-27-21)17-8-7-16(25-3)11-19(17)26-4/h5-9,11-12H,10H2,1-4H3,(H,22,23,24). The molecule has 1 aromatic heterocycles.